The van der Waals surface area contributed by atoms with Crippen LogP contribution < -0.4 is 0 Å². The van der Waals surface area contributed by atoms with Gasteiger partial charge in [0.25, 0.3) is 11.8 Å². The molecule has 0 spiro atoms. The summed E-state index contributed by atoms with van der Waals surface area (Å²) in [6.07, 6.45) is 6.74. The second-order valence-corrected chi connectivity index (χ2v) is 7.14. The van der Waals surface area contributed by atoms with Crippen molar-refractivity contribution in [2.45, 2.75) is 6.42 Å². The highest BCUT2D eigenvalue weighted by atomic mass is 16.3. The topological polar surface area (TPSA) is 90.2 Å². The van der Waals surface area contributed by atoms with Gasteiger partial charge in [-0.1, -0.05) is 12.2 Å². The van der Waals surface area contributed by atoms with Crippen molar-refractivity contribution in [1.82, 2.24) is 5.01 Å². The van der Waals surface area contributed by atoms with Crippen molar-refractivity contribution in [2.75, 3.05) is 0 Å². The molecule has 6 nitrogen and oxygen atoms in total. The van der Waals surface area contributed by atoms with Crippen molar-refractivity contribution in [3.8, 4) is 11.5 Å². The molecule has 2 amide bonds. The maximum Gasteiger partial charge on any atom is 0.254 e. The van der Waals surface area contributed by atoms with Gasteiger partial charge in [-0.3, -0.25) is 9.59 Å². The van der Waals surface area contributed by atoms with Crippen LogP contribution in [-0.4, -0.2) is 33.3 Å². The fourth-order valence-electron chi connectivity index (χ4n) is 4.80. The Bertz CT molecular complexity index is 794. The average molecular weight is 324 g/mol. The lowest BCUT2D eigenvalue weighted by Gasteiger charge is -2.37. The molecule has 1 heterocycles. The quantitative estimate of drug-likeness (QED) is 0.373. The normalized spacial score (nSPS) is 38.8. The molecule has 5 aliphatic rings. The number of amides is 2. The molecule has 1 aromatic rings. The number of hydrazone groups is 1. The third kappa shape index (κ3) is 1.68. The third-order valence-corrected chi connectivity index (χ3v) is 5.96. The Kier molecular flexibility index (Phi) is 2.56. The van der Waals surface area contributed by atoms with Crippen LogP contribution in [0.15, 0.2) is 35.5 Å². The highest BCUT2D eigenvalue weighted by Gasteiger charge is 2.67. The first-order chi connectivity index (χ1) is 11.6. The molecule has 24 heavy (non-hydrogen) atoms. The standard InChI is InChI=1S/C18H16N2O4/c21-13-4-1-8(5-14(13)22)7-19-20-17(23)15-9-2-3-10(12-6-11(9)12)16(15)18(20)24/h1-5,7,9-12,15-16,21-22H,6H2/t9-,10-,11-,12+,15+,16+/m0/s1. The number of aromatic hydroxyl groups is 2. The molecule has 122 valence electrons. The minimum absolute atomic E-state index is 0.180. The van der Waals surface area contributed by atoms with Gasteiger partial charge in [0.05, 0.1) is 18.1 Å². The fourth-order valence-corrected chi connectivity index (χ4v) is 4.80. The number of benzene rings is 1. The first-order valence-corrected chi connectivity index (χ1v) is 8.18. The molecule has 3 fully saturated rings. The molecule has 1 aliphatic heterocycles. The second-order valence-electron chi connectivity index (χ2n) is 7.14. The summed E-state index contributed by atoms with van der Waals surface area (Å²) < 4.78 is 0. The average Bonchev–Trinajstić information content (AvgIpc) is 3.35. The van der Waals surface area contributed by atoms with Crippen LogP contribution in [0.4, 0.5) is 0 Å². The van der Waals surface area contributed by atoms with Gasteiger partial charge in [-0.05, 0) is 53.9 Å². The molecule has 1 aromatic carbocycles. The summed E-state index contributed by atoms with van der Waals surface area (Å²) in [5.74, 6) is 0.0409. The van der Waals surface area contributed by atoms with E-state index >= 15 is 0 Å². The van der Waals surface area contributed by atoms with Crippen molar-refractivity contribution in [3.05, 3.63) is 35.9 Å². The summed E-state index contributed by atoms with van der Waals surface area (Å²) in [7, 11) is 0. The maximum absolute atomic E-state index is 12.7. The van der Waals surface area contributed by atoms with Gasteiger partial charge in [0, 0.05) is 0 Å². The SMILES string of the molecule is O=C1[C@@H]2[C@H]3C=C[C@@H]([C@@H]4C[C@H]34)[C@H]2C(=O)N1N=Cc1ccc(O)c(O)c1. The zero-order chi connectivity index (χ0) is 16.6. The minimum atomic E-state index is -0.269. The Morgan fingerprint density at radius 3 is 2.21 bits per heavy atom. The van der Waals surface area contributed by atoms with Crippen molar-refractivity contribution in [2.24, 2.45) is 40.6 Å². The second kappa shape index (κ2) is 4.47. The predicted octanol–water partition coefficient (Wildman–Crippen LogP) is 1.48. The van der Waals surface area contributed by atoms with Gasteiger partial charge in [-0.25, -0.2) is 0 Å². The number of allylic oxidation sites excluding steroid dienone is 2. The van der Waals surface area contributed by atoms with E-state index in [-0.39, 0.29) is 47.0 Å². The summed E-state index contributed by atoms with van der Waals surface area (Å²) in [6.45, 7) is 0. The largest absolute Gasteiger partial charge is 0.504 e. The molecule has 2 N–H and O–H groups in total. The van der Waals surface area contributed by atoms with E-state index in [1.54, 1.807) is 6.07 Å². The van der Waals surface area contributed by atoms with Crippen LogP contribution in [0.2, 0.25) is 0 Å². The Morgan fingerprint density at radius 2 is 1.62 bits per heavy atom. The monoisotopic (exact) mass is 324 g/mol. The van der Waals surface area contributed by atoms with Crippen LogP contribution in [0.3, 0.4) is 0 Å². The van der Waals surface area contributed by atoms with Crippen molar-refractivity contribution < 1.29 is 19.8 Å². The molecule has 0 radical (unpaired) electrons. The van der Waals surface area contributed by atoms with E-state index in [1.165, 1.54) is 18.3 Å². The van der Waals surface area contributed by atoms with E-state index in [4.69, 9.17) is 0 Å². The molecular formula is C18H16N2O4. The van der Waals surface area contributed by atoms with Gasteiger partial charge in [-0.15, -0.1) is 0 Å². The Hall–Kier alpha value is -2.63. The molecule has 2 bridgehead atoms. The molecule has 6 atom stereocenters. The molecule has 6 rings (SSSR count). The van der Waals surface area contributed by atoms with Crippen LogP contribution in [-0.2, 0) is 9.59 Å². The summed E-state index contributed by atoms with van der Waals surface area (Å²) >= 11 is 0. The van der Waals surface area contributed by atoms with Gasteiger partial charge in [-0.2, -0.15) is 10.1 Å². The lowest BCUT2D eigenvalue weighted by Crippen LogP contribution is -2.40. The van der Waals surface area contributed by atoms with Crippen LogP contribution >= 0.6 is 0 Å². The minimum Gasteiger partial charge on any atom is -0.504 e. The van der Waals surface area contributed by atoms with E-state index < -0.39 is 0 Å². The number of phenols is 2. The first-order valence-electron chi connectivity index (χ1n) is 8.18. The Morgan fingerprint density at radius 1 is 1.00 bits per heavy atom. The van der Waals surface area contributed by atoms with Gasteiger partial charge >= 0.3 is 0 Å². The number of carbonyl (C=O) groups is 2. The smallest absolute Gasteiger partial charge is 0.254 e. The Balaban J connectivity index is 1.44. The van der Waals surface area contributed by atoms with Crippen LogP contribution in [0.5, 0.6) is 11.5 Å². The maximum atomic E-state index is 12.7. The molecule has 0 aromatic heterocycles. The lowest BCUT2D eigenvalue weighted by atomic mass is 9.63. The highest BCUT2D eigenvalue weighted by Crippen LogP contribution is 2.65. The zero-order valence-corrected chi connectivity index (χ0v) is 12.7. The predicted molar refractivity (Wildman–Crippen MR) is 83.9 cm³/mol. The number of hydrogen-bond acceptors (Lipinski definition) is 5. The molecule has 4 aliphatic carbocycles. The third-order valence-electron chi connectivity index (χ3n) is 5.96. The first kappa shape index (κ1) is 13.8. The van der Waals surface area contributed by atoms with E-state index in [2.05, 4.69) is 17.3 Å². The molecule has 0 unspecified atom stereocenters. The number of nitrogens with zero attached hydrogens (tertiary/aromatic N) is 2. The summed E-state index contributed by atoms with van der Waals surface area (Å²) in [4.78, 5) is 25.4. The van der Waals surface area contributed by atoms with E-state index in [0.717, 1.165) is 11.4 Å². The summed E-state index contributed by atoms with van der Waals surface area (Å²) in [5, 5.41) is 23.9. The number of imide groups is 1. The van der Waals surface area contributed by atoms with Gasteiger partial charge in [0.2, 0.25) is 0 Å². The number of carbonyl (C=O) groups excluding carboxylic acids is 2. The fraction of sp³-hybridized carbons (Fsp3) is 0.389. The highest BCUT2D eigenvalue weighted by molar-refractivity contribution is 6.06. The van der Waals surface area contributed by atoms with E-state index in [9.17, 15) is 19.8 Å². The number of hydrogen-bond donors (Lipinski definition) is 2. The van der Waals surface area contributed by atoms with Crippen LogP contribution in [0.1, 0.15) is 12.0 Å². The Labute approximate surface area is 138 Å². The van der Waals surface area contributed by atoms with Gasteiger partial charge in [0.1, 0.15) is 0 Å². The van der Waals surface area contributed by atoms with Crippen molar-refractivity contribution >= 4 is 18.0 Å². The summed E-state index contributed by atoms with van der Waals surface area (Å²) in [5.41, 5.74) is 0.504. The van der Waals surface area contributed by atoms with Crippen LogP contribution in [0.25, 0.3) is 0 Å². The molecule has 1 saturated heterocycles. The van der Waals surface area contributed by atoms with Gasteiger partial charge in [0.15, 0.2) is 11.5 Å². The summed E-state index contributed by atoms with van der Waals surface area (Å²) in [6, 6.07) is 4.22. The molecule has 2 saturated carbocycles. The van der Waals surface area contributed by atoms with Gasteiger partial charge < -0.3 is 10.2 Å². The molecular weight excluding hydrogens is 308 g/mol. The number of rotatable bonds is 2. The van der Waals surface area contributed by atoms with E-state index in [1.807, 2.05) is 0 Å². The van der Waals surface area contributed by atoms with E-state index in [0.29, 0.717) is 17.4 Å². The molecule has 6 heteroatoms. The zero-order valence-electron chi connectivity index (χ0n) is 12.7. The van der Waals surface area contributed by atoms with Crippen LogP contribution in [0, 0.1) is 35.5 Å². The van der Waals surface area contributed by atoms with Crippen molar-refractivity contribution in [1.29, 1.82) is 0 Å². The lowest BCUT2D eigenvalue weighted by molar-refractivity contribution is -0.140. The number of phenolic OH excluding ortho intramolecular Hbond substituents is 2. The van der Waals surface area contributed by atoms with Crippen molar-refractivity contribution in [3.63, 3.8) is 0 Å².